The second-order valence-corrected chi connectivity index (χ2v) is 5.06. The van der Waals surface area contributed by atoms with Crippen molar-refractivity contribution in [3.63, 3.8) is 0 Å². The molecule has 4 N–H and O–H groups in total. The first-order valence-electron chi connectivity index (χ1n) is 6.74. The van der Waals surface area contributed by atoms with Gasteiger partial charge >= 0.3 is 5.97 Å². The molecule has 0 radical (unpaired) electrons. The quantitative estimate of drug-likeness (QED) is 0.772. The van der Waals surface area contributed by atoms with Gasteiger partial charge in [-0.25, -0.2) is 0 Å². The average molecular weight is 286 g/mol. The Morgan fingerprint density at radius 3 is 2.52 bits per heavy atom. The Kier molecular flexibility index (Phi) is 4.55. The van der Waals surface area contributed by atoms with E-state index in [2.05, 4.69) is 5.32 Å². The maximum absolute atomic E-state index is 11.8. The predicted molar refractivity (Wildman–Crippen MR) is 80.9 cm³/mol. The van der Waals surface area contributed by atoms with Crippen LogP contribution in [0.15, 0.2) is 42.5 Å². The van der Waals surface area contributed by atoms with Gasteiger partial charge in [-0.15, -0.1) is 0 Å². The Balaban J connectivity index is 2.05. The fourth-order valence-corrected chi connectivity index (χ4v) is 2.09. The van der Waals surface area contributed by atoms with Crippen molar-refractivity contribution in [1.82, 2.24) is 5.32 Å². The number of hydrogen-bond donors (Lipinski definition) is 3. The van der Waals surface area contributed by atoms with Crippen LogP contribution < -0.4 is 11.1 Å². The smallest absolute Gasteiger partial charge is 0.325 e. The highest BCUT2D eigenvalue weighted by Gasteiger charge is 2.19. The van der Waals surface area contributed by atoms with Crippen LogP contribution in [0.4, 0.5) is 0 Å². The van der Waals surface area contributed by atoms with E-state index in [0.29, 0.717) is 6.42 Å². The van der Waals surface area contributed by atoms with Crippen LogP contribution in [0.2, 0.25) is 0 Å². The first kappa shape index (κ1) is 15.0. The number of fused-ring (bicyclic) bond motifs is 1. The highest BCUT2D eigenvalue weighted by molar-refractivity contribution is 5.87. The summed E-state index contributed by atoms with van der Waals surface area (Å²) < 4.78 is 0. The Bertz CT molecular complexity index is 669. The highest BCUT2D eigenvalue weighted by atomic mass is 16.4. The van der Waals surface area contributed by atoms with Gasteiger partial charge in [0.15, 0.2) is 0 Å². The van der Waals surface area contributed by atoms with Gasteiger partial charge in [0.25, 0.3) is 0 Å². The van der Waals surface area contributed by atoms with Gasteiger partial charge in [-0.1, -0.05) is 42.5 Å². The summed E-state index contributed by atoms with van der Waals surface area (Å²) >= 11 is 0. The zero-order valence-electron chi connectivity index (χ0n) is 11.7. The van der Waals surface area contributed by atoms with Gasteiger partial charge in [-0.3, -0.25) is 9.59 Å². The monoisotopic (exact) mass is 286 g/mol. The van der Waals surface area contributed by atoms with Crippen molar-refractivity contribution in [2.75, 3.05) is 0 Å². The van der Waals surface area contributed by atoms with Crippen LogP contribution >= 0.6 is 0 Å². The Morgan fingerprint density at radius 2 is 1.86 bits per heavy atom. The van der Waals surface area contributed by atoms with Gasteiger partial charge < -0.3 is 16.2 Å². The first-order valence-corrected chi connectivity index (χ1v) is 6.74. The zero-order chi connectivity index (χ0) is 15.4. The summed E-state index contributed by atoms with van der Waals surface area (Å²) in [7, 11) is 0. The molecule has 1 amide bonds. The topological polar surface area (TPSA) is 92.4 Å². The molecule has 5 heteroatoms. The molecule has 0 bridgehead atoms. The van der Waals surface area contributed by atoms with Gasteiger partial charge in [0.2, 0.25) is 5.91 Å². The minimum Gasteiger partial charge on any atom is -0.480 e. The van der Waals surface area contributed by atoms with Gasteiger partial charge in [0.1, 0.15) is 6.04 Å². The van der Waals surface area contributed by atoms with Crippen molar-refractivity contribution >= 4 is 22.6 Å². The molecule has 0 fully saturated rings. The zero-order valence-corrected chi connectivity index (χ0v) is 11.7. The summed E-state index contributed by atoms with van der Waals surface area (Å²) in [5, 5.41) is 13.3. The summed E-state index contributed by atoms with van der Waals surface area (Å²) in [5.74, 6) is -1.54. The molecule has 0 saturated heterocycles. The standard InChI is InChI=1S/C16H18N2O3/c1-10(16(20)21)18-15(19)14(17)9-11-6-7-12-4-2-3-5-13(12)8-11/h2-8,10,14H,9,17H2,1H3,(H,18,19)(H,20,21)/t10-,14-/m0/s1. The van der Waals surface area contributed by atoms with E-state index in [1.165, 1.54) is 6.92 Å². The fraction of sp³-hybridized carbons (Fsp3) is 0.250. The van der Waals surface area contributed by atoms with Crippen molar-refractivity contribution in [1.29, 1.82) is 0 Å². The summed E-state index contributed by atoms with van der Waals surface area (Å²) in [4.78, 5) is 22.5. The van der Waals surface area contributed by atoms with E-state index in [9.17, 15) is 9.59 Å². The second-order valence-electron chi connectivity index (χ2n) is 5.06. The molecule has 2 aromatic carbocycles. The van der Waals surface area contributed by atoms with E-state index in [0.717, 1.165) is 16.3 Å². The summed E-state index contributed by atoms with van der Waals surface area (Å²) in [6.45, 7) is 1.41. The first-order chi connectivity index (χ1) is 9.97. The SMILES string of the molecule is C[C@H](NC(=O)[C@@H](N)Cc1ccc2ccccc2c1)C(=O)O. The minimum absolute atomic E-state index is 0.364. The van der Waals surface area contributed by atoms with E-state index in [-0.39, 0.29) is 0 Å². The number of amides is 1. The third-order valence-electron chi connectivity index (χ3n) is 3.34. The van der Waals surface area contributed by atoms with E-state index < -0.39 is 24.0 Å². The summed E-state index contributed by atoms with van der Waals surface area (Å²) in [5.41, 5.74) is 6.78. The van der Waals surface area contributed by atoms with E-state index in [4.69, 9.17) is 10.8 Å². The molecular formula is C16H18N2O3. The number of nitrogens with two attached hydrogens (primary N) is 1. The molecule has 0 aliphatic carbocycles. The lowest BCUT2D eigenvalue weighted by atomic mass is 10.0. The van der Waals surface area contributed by atoms with Crippen molar-refractivity contribution in [3.05, 3.63) is 48.0 Å². The average Bonchev–Trinajstić information content (AvgIpc) is 2.46. The van der Waals surface area contributed by atoms with Crippen molar-refractivity contribution in [3.8, 4) is 0 Å². The molecule has 2 rings (SSSR count). The molecule has 21 heavy (non-hydrogen) atoms. The van der Waals surface area contributed by atoms with Crippen LogP contribution in [0.3, 0.4) is 0 Å². The maximum atomic E-state index is 11.8. The number of hydrogen-bond acceptors (Lipinski definition) is 3. The molecule has 0 heterocycles. The lowest BCUT2D eigenvalue weighted by Crippen LogP contribution is -2.48. The molecule has 2 atom stereocenters. The molecule has 5 nitrogen and oxygen atoms in total. The molecule has 2 aromatic rings. The second kappa shape index (κ2) is 6.37. The molecule has 0 spiro atoms. The number of carbonyl (C=O) groups excluding carboxylic acids is 1. The maximum Gasteiger partial charge on any atom is 0.325 e. The summed E-state index contributed by atoms with van der Waals surface area (Å²) in [6.07, 6.45) is 0.364. The summed E-state index contributed by atoms with van der Waals surface area (Å²) in [6, 6.07) is 12.1. The molecule has 0 unspecified atom stereocenters. The van der Waals surface area contributed by atoms with Crippen LogP contribution in [-0.4, -0.2) is 29.1 Å². The normalized spacial score (nSPS) is 13.6. The van der Waals surface area contributed by atoms with Crippen LogP contribution in [0.25, 0.3) is 10.8 Å². The Labute approximate surface area is 122 Å². The molecule has 0 saturated carbocycles. The highest BCUT2D eigenvalue weighted by Crippen LogP contribution is 2.16. The van der Waals surface area contributed by atoms with Crippen molar-refractivity contribution in [2.45, 2.75) is 25.4 Å². The van der Waals surface area contributed by atoms with E-state index >= 15 is 0 Å². The molecule has 0 aliphatic heterocycles. The number of carbonyl (C=O) groups is 2. The van der Waals surface area contributed by atoms with Crippen LogP contribution in [0.5, 0.6) is 0 Å². The number of benzene rings is 2. The fourth-order valence-electron chi connectivity index (χ4n) is 2.09. The predicted octanol–water partition coefficient (Wildman–Crippen LogP) is 1.30. The van der Waals surface area contributed by atoms with Crippen molar-refractivity contribution < 1.29 is 14.7 Å². The van der Waals surface area contributed by atoms with Gasteiger partial charge in [0, 0.05) is 0 Å². The third kappa shape index (κ3) is 3.79. The molecule has 0 aliphatic rings. The van der Waals surface area contributed by atoms with E-state index in [1.807, 2.05) is 42.5 Å². The Morgan fingerprint density at radius 1 is 1.19 bits per heavy atom. The molecular weight excluding hydrogens is 268 g/mol. The number of carboxylic acids is 1. The number of rotatable bonds is 5. The number of aliphatic carboxylic acids is 1. The lowest BCUT2D eigenvalue weighted by Gasteiger charge is -2.15. The largest absolute Gasteiger partial charge is 0.480 e. The van der Waals surface area contributed by atoms with E-state index in [1.54, 1.807) is 0 Å². The molecule has 0 aromatic heterocycles. The van der Waals surface area contributed by atoms with Gasteiger partial charge in [0.05, 0.1) is 6.04 Å². The molecule has 110 valence electrons. The Hall–Kier alpha value is -2.40. The third-order valence-corrected chi connectivity index (χ3v) is 3.34. The minimum atomic E-state index is -1.08. The van der Waals surface area contributed by atoms with Gasteiger partial charge in [-0.2, -0.15) is 0 Å². The van der Waals surface area contributed by atoms with Crippen molar-refractivity contribution in [2.24, 2.45) is 5.73 Å². The number of carboxylic acid groups (broad SMARTS) is 1. The van der Waals surface area contributed by atoms with Crippen LogP contribution in [0.1, 0.15) is 12.5 Å². The lowest BCUT2D eigenvalue weighted by molar-refractivity contribution is -0.141. The van der Waals surface area contributed by atoms with Crippen LogP contribution in [-0.2, 0) is 16.0 Å². The number of nitrogens with one attached hydrogen (secondary N) is 1. The van der Waals surface area contributed by atoms with Crippen LogP contribution in [0, 0.1) is 0 Å². The van der Waals surface area contributed by atoms with Gasteiger partial charge in [-0.05, 0) is 29.7 Å².